The minimum Gasteiger partial charge on any atom is -0.335 e. The summed E-state index contributed by atoms with van der Waals surface area (Å²) >= 11 is 3.35. The molecule has 2 rings (SSSR count). The van der Waals surface area contributed by atoms with Crippen molar-refractivity contribution < 1.29 is 4.79 Å². The summed E-state index contributed by atoms with van der Waals surface area (Å²) in [6.07, 6.45) is 5.70. The molecule has 0 N–H and O–H groups in total. The van der Waals surface area contributed by atoms with Crippen molar-refractivity contribution in [3.8, 4) is 0 Å². The van der Waals surface area contributed by atoms with Crippen molar-refractivity contribution in [2.45, 2.75) is 30.6 Å². The van der Waals surface area contributed by atoms with Gasteiger partial charge >= 0.3 is 0 Å². The maximum atomic E-state index is 12.0. The molecule has 16 heavy (non-hydrogen) atoms. The van der Waals surface area contributed by atoms with Gasteiger partial charge in [0.1, 0.15) is 0 Å². The average Bonchev–Trinajstić information content (AvgIpc) is 2.77. The van der Waals surface area contributed by atoms with Crippen molar-refractivity contribution in [1.29, 1.82) is 0 Å². The molecule has 0 radical (unpaired) electrons. The molecule has 1 amide bonds. The van der Waals surface area contributed by atoms with E-state index in [4.69, 9.17) is 0 Å². The van der Waals surface area contributed by atoms with Crippen LogP contribution in [0.5, 0.6) is 0 Å². The Kier molecular flexibility index (Phi) is 3.59. The summed E-state index contributed by atoms with van der Waals surface area (Å²) in [6.45, 7) is 2.74. The van der Waals surface area contributed by atoms with Crippen LogP contribution in [0.25, 0.3) is 0 Å². The van der Waals surface area contributed by atoms with E-state index < -0.39 is 0 Å². The number of halogens is 1. The van der Waals surface area contributed by atoms with E-state index in [-0.39, 0.29) is 16.8 Å². The Bertz CT molecular complexity index is 367. The highest BCUT2D eigenvalue weighted by molar-refractivity contribution is 9.10. The third kappa shape index (κ3) is 2.26. The number of carbonyl (C=O) groups is 1. The zero-order valence-electron chi connectivity index (χ0n) is 9.27. The standard InChI is InChI=1S/C12H15BrN2O/c1-9(13)12(16)15-8-2-3-11(15)10-4-6-14-7-5-10/h4-7,9,11H,2-3,8H2,1H3. The molecule has 0 aliphatic carbocycles. The molecule has 0 bridgehead atoms. The van der Waals surface area contributed by atoms with Gasteiger partial charge in [0, 0.05) is 18.9 Å². The molecule has 3 nitrogen and oxygen atoms in total. The van der Waals surface area contributed by atoms with Crippen LogP contribution in [0.4, 0.5) is 0 Å². The highest BCUT2D eigenvalue weighted by Crippen LogP contribution is 2.32. The summed E-state index contributed by atoms with van der Waals surface area (Å²) < 4.78 is 0. The van der Waals surface area contributed by atoms with Crippen molar-refractivity contribution in [3.63, 3.8) is 0 Å². The maximum Gasteiger partial charge on any atom is 0.236 e. The molecule has 4 heteroatoms. The van der Waals surface area contributed by atoms with E-state index in [9.17, 15) is 4.79 Å². The predicted molar refractivity (Wildman–Crippen MR) is 66.3 cm³/mol. The van der Waals surface area contributed by atoms with Crippen LogP contribution in [0.1, 0.15) is 31.4 Å². The van der Waals surface area contributed by atoms with Crippen molar-refractivity contribution in [1.82, 2.24) is 9.88 Å². The van der Waals surface area contributed by atoms with Crippen LogP contribution in [0.3, 0.4) is 0 Å². The van der Waals surface area contributed by atoms with Crippen LogP contribution in [-0.2, 0) is 4.79 Å². The Morgan fingerprint density at radius 1 is 1.56 bits per heavy atom. The number of nitrogens with zero attached hydrogens (tertiary/aromatic N) is 2. The van der Waals surface area contributed by atoms with Crippen LogP contribution in [0.15, 0.2) is 24.5 Å². The second-order valence-electron chi connectivity index (χ2n) is 4.09. The summed E-state index contributed by atoms with van der Waals surface area (Å²) in [5.74, 6) is 0.180. The topological polar surface area (TPSA) is 33.2 Å². The molecule has 1 aliphatic heterocycles. The third-order valence-corrected chi connectivity index (χ3v) is 3.36. The number of pyridine rings is 1. The molecule has 1 aliphatic rings. The second-order valence-corrected chi connectivity index (χ2v) is 5.46. The van der Waals surface area contributed by atoms with E-state index in [1.54, 1.807) is 12.4 Å². The Balaban J connectivity index is 2.19. The monoisotopic (exact) mass is 282 g/mol. The Hall–Kier alpha value is -0.900. The van der Waals surface area contributed by atoms with Gasteiger partial charge in [0.15, 0.2) is 0 Å². The number of rotatable bonds is 2. The van der Waals surface area contributed by atoms with Crippen LogP contribution < -0.4 is 0 Å². The van der Waals surface area contributed by atoms with E-state index in [0.717, 1.165) is 19.4 Å². The quantitative estimate of drug-likeness (QED) is 0.781. The molecule has 1 aromatic rings. The van der Waals surface area contributed by atoms with Gasteiger partial charge in [-0.05, 0) is 37.5 Å². The molecule has 1 fully saturated rings. The number of hydrogen-bond acceptors (Lipinski definition) is 2. The largest absolute Gasteiger partial charge is 0.335 e. The highest BCUT2D eigenvalue weighted by atomic mass is 79.9. The first-order valence-electron chi connectivity index (χ1n) is 5.54. The van der Waals surface area contributed by atoms with Gasteiger partial charge in [-0.2, -0.15) is 0 Å². The van der Waals surface area contributed by atoms with Gasteiger partial charge in [-0.25, -0.2) is 0 Å². The van der Waals surface area contributed by atoms with Gasteiger partial charge in [0.05, 0.1) is 10.9 Å². The molecule has 86 valence electrons. The van der Waals surface area contributed by atoms with E-state index >= 15 is 0 Å². The fraction of sp³-hybridized carbons (Fsp3) is 0.500. The predicted octanol–water partition coefficient (Wildman–Crippen LogP) is 2.53. The zero-order chi connectivity index (χ0) is 11.5. The first-order valence-corrected chi connectivity index (χ1v) is 6.46. The normalized spacial score (nSPS) is 22.1. The smallest absolute Gasteiger partial charge is 0.236 e. The average molecular weight is 283 g/mol. The van der Waals surface area contributed by atoms with Gasteiger partial charge in [0.25, 0.3) is 0 Å². The van der Waals surface area contributed by atoms with Crippen LogP contribution >= 0.6 is 15.9 Å². The fourth-order valence-corrected chi connectivity index (χ4v) is 2.45. The third-order valence-electron chi connectivity index (χ3n) is 2.97. The van der Waals surface area contributed by atoms with E-state index in [1.165, 1.54) is 5.56 Å². The molecule has 1 saturated heterocycles. The minimum atomic E-state index is -0.102. The van der Waals surface area contributed by atoms with Crippen LogP contribution in [0.2, 0.25) is 0 Å². The summed E-state index contributed by atoms with van der Waals surface area (Å²) in [7, 11) is 0. The molecule has 1 aromatic heterocycles. The Morgan fingerprint density at radius 2 is 2.25 bits per heavy atom. The van der Waals surface area contributed by atoms with Gasteiger partial charge < -0.3 is 4.90 Å². The highest BCUT2D eigenvalue weighted by Gasteiger charge is 2.31. The number of carbonyl (C=O) groups excluding carboxylic acids is 1. The molecular formula is C12H15BrN2O. The van der Waals surface area contributed by atoms with Gasteiger partial charge in [-0.15, -0.1) is 0 Å². The Labute approximate surface area is 104 Å². The number of aromatic nitrogens is 1. The lowest BCUT2D eigenvalue weighted by Gasteiger charge is -2.26. The summed E-state index contributed by atoms with van der Waals surface area (Å²) in [5.41, 5.74) is 1.19. The van der Waals surface area contributed by atoms with E-state index in [1.807, 2.05) is 24.0 Å². The molecule has 2 unspecified atom stereocenters. The second kappa shape index (κ2) is 4.95. The fourth-order valence-electron chi connectivity index (χ4n) is 2.19. The molecular weight excluding hydrogens is 268 g/mol. The van der Waals surface area contributed by atoms with Crippen molar-refractivity contribution >= 4 is 21.8 Å². The summed E-state index contributed by atoms with van der Waals surface area (Å²) in [5, 5.41) is 0. The van der Waals surface area contributed by atoms with Gasteiger partial charge in [0.2, 0.25) is 5.91 Å². The first-order chi connectivity index (χ1) is 7.70. The molecule has 2 atom stereocenters. The zero-order valence-corrected chi connectivity index (χ0v) is 10.9. The van der Waals surface area contributed by atoms with Crippen molar-refractivity contribution in [2.75, 3.05) is 6.54 Å². The maximum absolute atomic E-state index is 12.0. The van der Waals surface area contributed by atoms with E-state index in [0.29, 0.717) is 0 Å². The SMILES string of the molecule is CC(Br)C(=O)N1CCCC1c1ccncc1. The van der Waals surface area contributed by atoms with Crippen molar-refractivity contribution in [3.05, 3.63) is 30.1 Å². The molecule has 0 aromatic carbocycles. The molecule has 0 spiro atoms. The van der Waals surface area contributed by atoms with E-state index in [2.05, 4.69) is 20.9 Å². The lowest BCUT2D eigenvalue weighted by molar-refractivity contribution is -0.131. The lowest BCUT2D eigenvalue weighted by atomic mass is 10.1. The van der Waals surface area contributed by atoms with Gasteiger partial charge in [-0.3, -0.25) is 9.78 Å². The number of likely N-dealkylation sites (tertiary alicyclic amines) is 1. The number of alkyl halides is 1. The lowest BCUT2D eigenvalue weighted by Crippen LogP contribution is -2.34. The van der Waals surface area contributed by atoms with Crippen LogP contribution in [-0.4, -0.2) is 27.2 Å². The molecule has 2 heterocycles. The molecule has 0 saturated carbocycles. The summed E-state index contributed by atoms with van der Waals surface area (Å²) in [6, 6.07) is 4.22. The van der Waals surface area contributed by atoms with Gasteiger partial charge in [-0.1, -0.05) is 15.9 Å². The van der Waals surface area contributed by atoms with Crippen LogP contribution in [0, 0.1) is 0 Å². The Morgan fingerprint density at radius 3 is 2.88 bits per heavy atom. The number of hydrogen-bond donors (Lipinski definition) is 0. The van der Waals surface area contributed by atoms with Crippen molar-refractivity contribution in [2.24, 2.45) is 0 Å². The minimum absolute atomic E-state index is 0.102. The number of amides is 1. The summed E-state index contributed by atoms with van der Waals surface area (Å²) in [4.78, 5) is 17.9. The first kappa shape index (κ1) is 11.6.